The van der Waals surface area contributed by atoms with Gasteiger partial charge < -0.3 is 14.9 Å². The van der Waals surface area contributed by atoms with E-state index in [4.69, 9.17) is 4.74 Å². The van der Waals surface area contributed by atoms with Gasteiger partial charge in [-0.15, -0.1) is 11.5 Å². The van der Waals surface area contributed by atoms with E-state index in [1.807, 2.05) is 6.92 Å². The Bertz CT molecular complexity index is 405. The summed E-state index contributed by atoms with van der Waals surface area (Å²) >= 11 is 0. The van der Waals surface area contributed by atoms with Gasteiger partial charge in [-0.1, -0.05) is 32.3 Å². The predicted molar refractivity (Wildman–Crippen MR) is 73.7 cm³/mol. The van der Waals surface area contributed by atoms with E-state index in [-0.39, 0.29) is 28.0 Å². The summed E-state index contributed by atoms with van der Waals surface area (Å²) in [5.74, 6) is -0.0693. The quantitative estimate of drug-likeness (QED) is 0.691. The van der Waals surface area contributed by atoms with Crippen LogP contribution in [0.3, 0.4) is 0 Å². The van der Waals surface area contributed by atoms with Crippen molar-refractivity contribution in [3.8, 4) is 17.2 Å². The van der Waals surface area contributed by atoms with Gasteiger partial charge in [-0.25, -0.2) is 0 Å². The molecular formula is C16H24NiO3. The van der Waals surface area contributed by atoms with Crippen molar-refractivity contribution in [1.82, 2.24) is 0 Å². The maximum absolute atomic E-state index is 12.2. The minimum Gasteiger partial charge on any atom is -0.873 e. The van der Waals surface area contributed by atoms with Crippen LogP contribution in [-0.4, -0.2) is 6.61 Å². The van der Waals surface area contributed by atoms with E-state index in [2.05, 4.69) is 13.8 Å². The zero-order valence-corrected chi connectivity index (χ0v) is 13.6. The molecule has 1 rings (SSSR count). The van der Waals surface area contributed by atoms with Crippen molar-refractivity contribution in [1.29, 1.82) is 0 Å². The minimum absolute atomic E-state index is 0. The van der Waals surface area contributed by atoms with Crippen molar-refractivity contribution >= 4 is 0 Å². The number of hydrogen-bond acceptors (Lipinski definition) is 3. The molecule has 0 atom stereocenters. The summed E-state index contributed by atoms with van der Waals surface area (Å²) < 4.78 is 5.55. The van der Waals surface area contributed by atoms with Gasteiger partial charge in [0.1, 0.15) is 5.75 Å². The van der Waals surface area contributed by atoms with Gasteiger partial charge in [-0.05, 0) is 44.2 Å². The molecule has 1 aromatic carbocycles. The van der Waals surface area contributed by atoms with E-state index in [1.54, 1.807) is 6.07 Å². The van der Waals surface area contributed by atoms with Gasteiger partial charge in [0.15, 0.2) is 0 Å². The van der Waals surface area contributed by atoms with Crippen molar-refractivity contribution in [3.05, 3.63) is 17.2 Å². The van der Waals surface area contributed by atoms with Crippen LogP contribution in [-0.2, 0) is 29.3 Å². The second-order valence-electron chi connectivity index (χ2n) is 4.81. The van der Waals surface area contributed by atoms with Gasteiger partial charge in [0.2, 0.25) is 0 Å². The third-order valence-electron chi connectivity index (χ3n) is 3.25. The van der Waals surface area contributed by atoms with Gasteiger partial charge in [0.25, 0.3) is 0 Å². The minimum atomic E-state index is -0.356. The fourth-order valence-electron chi connectivity index (χ4n) is 2.13. The van der Waals surface area contributed by atoms with Crippen LogP contribution in [0.2, 0.25) is 0 Å². The van der Waals surface area contributed by atoms with Crippen molar-refractivity contribution in [3.63, 3.8) is 0 Å². The zero-order chi connectivity index (χ0) is 14.3. The number of unbranched alkanes of at least 4 members (excludes halogenated alkanes) is 2. The normalized spacial score (nSPS) is 10.2. The van der Waals surface area contributed by atoms with E-state index in [0.717, 1.165) is 25.7 Å². The summed E-state index contributed by atoms with van der Waals surface area (Å²) in [5, 5.41) is 24.2. The second-order valence-corrected chi connectivity index (χ2v) is 4.81. The van der Waals surface area contributed by atoms with E-state index in [1.165, 1.54) is 0 Å². The molecule has 1 aromatic rings. The van der Waals surface area contributed by atoms with Crippen LogP contribution >= 0.6 is 0 Å². The van der Waals surface area contributed by atoms with Crippen LogP contribution < -0.4 is 14.9 Å². The molecule has 0 saturated carbocycles. The first-order chi connectivity index (χ1) is 9.15. The molecule has 0 aliphatic heterocycles. The van der Waals surface area contributed by atoms with Gasteiger partial charge in [0.05, 0.1) is 6.61 Å². The molecule has 0 heterocycles. The summed E-state index contributed by atoms with van der Waals surface area (Å²) in [6, 6.07) is 1.79. The molecule has 0 aliphatic carbocycles. The smallest absolute Gasteiger partial charge is 0.873 e. The molecule has 0 radical (unpaired) electrons. The fourth-order valence-corrected chi connectivity index (χ4v) is 2.13. The monoisotopic (exact) mass is 322 g/mol. The van der Waals surface area contributed by atoms with Crippen LogP contribution in [0, 0.1) is 0 Å². The Hall–Kier alpha value is -0.886. The molecule has 4 heteroatoms. The second kappa shape index (κ2) is 9.93. The average Bonchev–Trinajstić information content (AvgIpc) is 2.41. The van der Waals surface area contributed by atoms with E-state index < -0.39 is 0 Å². The fraction of sp³-hybridized carbons (Fsp3) is 0.625. The van der Waals surface area contributed by atoms with E-state index in [9.17, 15) is 10.2 Å². The molecular weight excluding hydrogens is 299 g/mol. The average molecular weight is 323 g/mol. The number of ether oxygens (including phenoxy) is 1. The summed E-state index contributed by atoms with van der Waals surface area (Å²) in [6.45, 7) is 6.55. The number of aryl methyl sites for hydroxylation is 1. The molecule has 0 unspecified atom stereocenters. The topological polar surface area (TPSA) is 55.3 Å². The molecule has 3 nitrogen and oxygen atoms in total. The van der Waals surface area contributed by atoms with Gasteiger partial charge in [-0.3, -0.25) is 0 Å². The first kappa shape index (κ1) is 19.1. The van der Waals surface area contributed by atoms with Crippen molar-refractivity contribution in [2.75, 3.05) is 6.61 Å². The van der Waals surface area contributed by atoms with E-state index in [0.29, 0.717) is 36.3 Å². The van der Waals surface area contributed by atoms with Crippen molar-refractivity contribution in [2.24, 2.45) is 0 Å². The molecule has 0 saturated heterocycles. The van der Waals surface area contributed by atoms with Gasteiger partial charge in [0, 0.05) is 0 Å². The van der Waals surface area contributed by atoms with Gasteiger partial charge >= 0.3 is 16.5 Å². The SMILES string of the molecule is CCCCc1cc(OCC)c(CCCC)c([O-])c1[O-].[Ni+2]. The first-order valence-corrected chi connectivity index (χ1v) is 7.31. The van der Waals surface area contributed by atoms with Crippen LogP contribution in [0.15, 0.2) is 6.07 Å². The largest absolute Gasteiger partial charge is 2.00 e. The van der Waals surface area contributed by atoms with Crippen LogP contribution in [0.5, 0.6) is 17.2 Å². The van der Waals surface area contributed by atoms with Crippen LogP contribution in [0.1, 0.15) is 57.6 Å². The standard InChI is InChI=1S/C16H26O3.Ni/c1-4-7-9-12-11-14(19-6-3)13(10-8-5-2)16(18)15(12)17;/h11,17-18H,4-10H2,1-3H3;/q;+2/p-2. The number of benzene rings is 1. The van der Waals surface area contributed by atoms with Gasteiger partial charge in [-0.2, -0.15) is 0 Å². The third-order valence-corrected chi connectivity index (χ3v) is 3.25. The summed E-state index contributed by atoms with van der Waals surface area (Å²) in [6.07, 6.45) is 5.14. The predicted octanol–water partition coefficient (Wildman–Crippen LogP) is 2.92. The Morgan fingerprint density at radius 1 is 0.950 bits per heavy atom. The molecule has 0 fully saturated rings. The van der Waals surface area contributed by atoms with Crippen molar-refractivity contribution < 1.29 is 31.4 Å². The molecule has 0 aliphatic rings. The number of hydrogen-bond donors (Lipinski definition) is 0. The Labute approximate surface area is 132 Å². The summed E-state index contributed by atoms with van der Waals surface area (Å²) in [7, 11) is 0. The molecule has 0 spiro atoms. The summed E-state index contributed by atoms with van der Waals surface area (Å²) in [5.41, 5.74) is 1.17. The third kappa shape index (κ3) is 4.90. The maximum atomic E-state index is 12.2. The molecule has 116 valence electrons. The molecule has 20 heavy (non-hydrogen) atoms. The van der Waals surface area contributed by atoms with Crippen LogP contribution in [0.4, 0.5) is 0 Å². The Morgan fingerprint density at radius 3 is 2.10 bits per heavy atom. The number of rotatable bonds is 8. The Morgan fingerprint density at radius 2 is 1.55 bits per heavy atom. The molecule has 0 amide bonds. The summed E-state index contributed by atoms with van der Waals surface area (Å²) in [4.78, 5) is 0. The van der Waals surface area contributed by atoms with Crippen molar-refractivity contribution in [2.45, 2.75) is 59.3 Å². The molecule has 0 aromatic heterocycles. The van der Waals surface area contributed by atoms with Crippen LogP contribution in [0.25, 0.3) is 0 Å². The van der Waals surface area contributed by atoms with E-state index >= 15 is 0 Å². The first-order valence-electron chi connectivity index (χ1n) is 7.31. The molecule has 0 N–H and O–H groups in total. The Balaban J connectivity index is 0.00000361. The zero-order valence-electron chi connectivity index (χ0n) is 12.6. The molecule has 0 bridgehead atoms. The maximum Gasteiger partial charge on any atom is 2.00 e. The Kier molecular flexibility index (Phi) is 9.49.